The van der Waals surface area contributed by atoms with E-state index in [1.165, 1.54) is 23.1 Å². The normalized spacial score (nSPS) is 10.3. The summed E-state index contributed by atoms with van der Waals surface area (Å²) < 4.78 is 6.02. The lowest BCUT2D eigenvalue weighted by Crippen LogP contribution is -2.11. The summed E-state index contributed by atoms with van der Waals surface area (Å²) in [7, 11) is 1.57. The van der Waals surface area contributed by atoms with Gasteiger partial charge < -0.3 is 10.1 Å². The molecule has 23 heavy (non-hydrogen) atoms. The van der Waals surface area contributed by atoms with Gasteiger partial charge in [-0.3, -0.25) is 4.79 Å². The van der Waals surface area contributed by atoms with Crippen molar-refractivity contribution in [3.8, 4) is 5.75 Å². The predicted octanol–water partition coefficient (Wildman–Crippen LogP) is 3.95. The number of carbonyl (C=O) groups excluding carboxylic acids is 1. The molecule has 1 N–H and O–H groups in total. The zero-order chi connectivity index (χ0) is 16.1. The average molecular weight is 343 g/mol. The molecule has 0 aliphatic rings. The second kappa shape index (κ2) is 7.26. The van der Waals surface area contributed by atoms with Gasteiger partial charge in [0.25, 0.3) is 5.91 Å². The molecule has 0 unspecified atom stereocenters. The zero-order valence-electron chi connectivity index (χ0n) is 12.2. The first-order chi connectivity index (χ1) is 11.2. The summed E-state index contributed by atoms with van der Waals surface area (Å²) in [6.45, 7) is 0. The molecule has 7 heteroatoms. The molecular weight excluding hydrogens is 330 g/mol. The van der Waals surface area contributed by atoms with Crippen molar-refractivity contribution in [2.45, 2.75) is 9.24 Å². The van der Waals surface area contributed by atoms with Crippen molar-refractivity contribution in [2.75, 3.05) is 12.4 Å². The lowest BCUT2D eigenvalue weighted by atomic mass is 10.2. The highest BCUT2D eigenvalue weighted by Crippen LogP contribution is 2.29. The van der Waals surface area contributed by atoms with E-state index >= 15 is 0 Å². The molecule has 0 spiro atoms. The van der Waals surface area contributed by atoms with Crippen LogP contribution in [0.5, 0.6) is 5.75 Å². The number of hydrogen-bond acceptors (Lipinski definition) is 6. The maximum Gasteiger partial charge on any atom is 0.255 e. The van der Waals surface area contributed by atoms with Crippen LogP contribution in [-0.2, 0) is 0 Å². The van der Waals surface area contributed by atoms with Gasteiger partial charge in [-0.2, -0.15) is 0 Å². The Morgan fingerprint density at radius 2 is 2.04 bits per heavy atom. The number of carbonyl (C=O) groups is 1. The highest BCUT2D eigenvalue weighted by molar-refractivity contribution is 8.01. The lowest BCUT2D eigenvalue weighted by Gasteiger charge is -2.07. The van der Waals surface area contributed by atoms with Crippen LogP contribution in [0.3, 0.4) is 0 Å². The molecule has 5 nitrogen and oxygen atoms in total. The van der Waals surface area contributed by atoms with E-state index in [-0.39, 0.29) is 5.91 Å². The Hall–Kier alpha value is -2.38. The lowest BCUT2D eigenvalue weighted by molar-refractivity contribution is 0.102. The van der Waals surface area contributed by atoms with Gasteiger partial charge in [-0.15, -0.1) is 10.2 Å². The third kappa shape index (κ3) is 4.08. The van der Waals surface area contributed by atoms with E-state index < -0.39 is 0 Å². The van der Waals surface area contributed by atoms with E-state index in [9.17, 15) is 4.79 Å². The second-order valence-electron chi connectivity index (χ2n) is 4.52. The summed E-state index contributed by atoms with van der Waals surface area (Å²) in [5.41, 5.74) is 2.99. The largest absolute Gasteiger partial charge is 0.497 e. The van der Waals surface area contributed by atoms with Crippen LogP contribution in [0.25, 0.3) is 0 Å². The molecule has 3 rings (SSSR count). The second-order valence-corrected chi connectivity index (χ2v) is 6.67. The van der Waals surface area contributed by atoms with Crippen molar-refractivity contribution in [3.63, 3.8) is 0 Å². The Bertz CT molecular complexity index is 789. The number of hydrogen-bond donors (Lipinski definition) is 1. The van der Waals surface area contributed by atoms with Crippen LogP contribution in [0, 0.1) is 0 Å². The Morgan fingerprint density at radius 1 is 1.22 bits per heavy atom. The van der Waals surface area contributed by atoms with E-state index in [0.29, 0.717) is 11.3 Å². The molecule has 1 amide bonds. The number of nitrogens with one attached hydrogen (secondary N) is 1. The maximum absolute atomic E-state index is 12.2. The summed E-state index contributed by atoms with van der Waals surface area (Å²) in [5.74, 6) is 0.481. The van der Waals surface area contributed by atoms with Crippen LogP contribution in [0.4, 0.5) is 5.69 Å². The van der Waals surface area contributed by atoms with E-state index in [2.05, 4.69) is 15.5 Å². The maximum atomic E-state index is 12.2. The van der Waals surface area contributed by atoms with Crippen LogP contribution in [0.2, 0.25) is 0 Å². The summed E-state index contributed by atoms with van der Waals surface area (Å²) in [6.07, 6.45) is 0. The minimum atomic E-state index is -0.173. The molecule has 0 saturated carbocycles. The van der Waals surface area contributed by atoms with Gasteiger partial charge in [0.2, 0.25) is 0 Å². The van der Waals surface area contributed by atoms with Crippen LogP contribution in [-0.4, -0.2) is 23.2 Å². The Morgan fingerprint density at radius 3 is 2.74 bits per heavy atom. The standard InChI is InChI=1S/C16H13N3O2S2/c1-21-13-4-2-3-11(9-13)15(20)18-12-5-7-14(8-6-12)23-16-19-17-10-22-16/h2-10H,1H3,(H,18,20). The third-order valence-corrected chi connectivity index (χ3v) is 4.78. The molecule has 0 aliphatic heterocycles. The fourth-order valence-corrected chi connectivity index (χ4v) is 3.33. The molecule has 1 aromatic heterocycles. The molecule has 2 aromatic carbocycles. The van der Waals surface area contributed by atoms with Crippen molar-refractivity contribution >= 4 is 34.7 Å². The van der Waals surface area contributed by atoms with Gasteiger partial charge in [-0.05, 0) is 42.5 Å². The zero-order valence-corrected chi connectivity index (χ0v) is 13.9. The van der Waals surface area contributed by atoms with Crippen LogP contribution < -0.4 is 10.1 Å². The average Bonchev–Trinajstić information content (AvgIpc) is 3.09. The number of amides is 1. The number of methoxy groups -OCH3 is 1. The first-order valence-corrected chi connectivity index (χ1v) is 8.44. The smallest absolute Gasteiger partial charge is 0.255 e. The number of nitrogens with zero attached hydrogens (tertiary/aromatic N) is 2. The van der Waals surface area contributed by atoms with E-state index in [1.807, 2.05) is 24.3 Å². The van der Waals surface area contributed by atoms with Crippen molar-refractivity contribution in [3.05, 3.63) is 59.6 Å². The van der Waals surface area contributed by atoms with Crippen molar-refractivity contribution in [1.29, 1.82) is 0 Å². The first kappa shape index (κ1) is 15.5. The van der Waals surface area contributed by atoms with Crippen LogP contribution >= 0.6 is 23.1 Å². The highest BCUT2D eigenvalue weighted by atomic mass is 32.2. The SMILES string of the molecule is COc1cccc(C(=O)Nc2ccc(Sc3nncs3)cc2)c1. The minimum absolute atomic E-state index is 0.173. The molecule has 0 aliphatic carbocycles. The van der Waals surface area contributed by atoms with Crippen molar-refractivity contribution in [2.24, 2.45) is 0 Å². The van der Waals surface area contributed by atoms with E-state index in [1.54, 1.807) is 36.9 Å². The molecule has 3 aromatic rings. The number of rotatable bonds is 5. The summed E-state index contributed by atoms with van der Waals surface area (Å²) >= 11 is 3.03. The summed E-state index contributed by atoms with van der Waals surface area (Å²) in [6, 6.07) is 14.6. The van der Waals surface area contributed by atoms with Crippen molar-refractivity contribution in [1.82, 2.24) is 10.2 Å². The fourth-order valence-electron chi connectivity index (χ4n) is 1.88. The van der Waals surface area contributed by atoms with Gasteiger partial charge in [-0.25, -0.2) is 0 Å². The van der Waals surface area contributed by atoms with Gasteiger partial charge in [-0.1, -0.05) is 29.2 Å². The highest BCUT2D eigenvalue weighted by Gasteiger charge is 2.07. The topological polar surface area (TPSA) is 64.1 Å². The summed E-state index contributed by atoms with van der Waals surface area (Å²) in [4.78, 5) is 13.3. The predicted molar refractivity (Wildman–Crippen MR) is 91.4 cm³/mol. The number of aromatic nitrogens is 2. The molecule has 0 bridgehead atoms. The van der Waals surface area contributed by atoms with Crippen LogP contribution in [0.15, 0.2) is 63.3 Å². The van der Waals surface area contributed by atoms with Gasteiger partial charge in [0.1, 0.15) is 11.3 Å². The molecule has 1 heterocycles. The molecule has 0 radical (unpaired) electrons. The quantitative estimate of drug-likeness (QED) is 0.760. The van der Waals surface area contributed by atoms with Gasteiger partial charge in [0, 0.05) is 16.1 Å². The molecule has 0 atom stereocenters. The van der Waals surface area contributed by atoms with Crippen molar-refractivity contribution < 1.29 is 9.53 Å². The monoisotopic (exact) mass is 343 g/mol. The molecule has 116 valence electrons. The number of anilines is 1. The molecule has 0 saturated heterocycles. The Balaban J connectivity index is 1.66. The Kier molecular flexibility index (Phi) is 4.89. The Labute approximate surface area is 141 Å². The number of benzene rings is 2. The van der Waals surface area contributed by atoms with E-state index in [4.69, 9.17) is 4.74 Å². The summed E-state index contributed by atoms with van der Waals surface area (Å²) in [5, 5.41) is 10.7. The third-order valence-electron chi connectivity index (χ3n) is 2.99. The number of ether oxygens (including phenoxy) is 1. The van der Waals surface area contributed by atoms with Gasteiger partial charge in [0.15, 0.2) is 4.34 Å². The van der Waals surface area contributed by atoms with Crippen LogP contribution in [0.1, 0.15) is 10.4 Å². The van der Waals surface area contributed by atoms with Gasteiger partial charge in [0.05, 0.1) is 7.11 Å². The molecular formula is C16H13N3O2S2. The fraction of sp³-hybridized carbons (Fsp3) is 0.0625. The first-order valence-electron chi connectivity index (χ1n) is 6.74. The van der Waals surface area contributed by atoms with Gasteiger partial charge >= 0.3 is 0 Å². The van der Waals surface area contributed by atoms with E-state index in [0.717, 1.165) is 14.9 Å². The molecule has 0 fully saturated rings. The minimum Gasteiger partial charge on any atom is -0.497 e.